The van der Waals surface area contributed by atoms with Gasteiger partial charge in [0, 0.05) is 18.5 Å². The Morgan fingerprint density at radius 3 is 2.37 bits per heavy atom. The van der Waals surface area contributed by atoms with Crippen molar-refractivity contribution in [3.8, 4) is 0 Å². The standard InChI is InChI=1S/C13H20N4O2/c1-13(2,3)11-14-8-10(9-15-11)16-12(18)17-4-6-19-7-5-17/h8-9H,4-7H2,1-3H3,(H,16,18). The van der Waals surface area contributed by atoms with Crippen molar-refractivity contribution in [1.82, 2.24) is 14.9 Å². The minimum Gasteiger partial charge on any atom is -0.378 e. The van der Waals surface area contributed by atoms with Gasteiger partial charge in [-0.25, -0.2) is 14.8 Å². The van der Waals surface area contributed by atoms with Crippen molar-refractivity contribution in [2.24, 2.45) is 0 Å². The molecule has 1 aromatic rings. The second kappa shape index (κ2) is 5.52. The Morgan fingerprint density at radius 2 is 1.84 bits per heavy atom. The monoisotopic (exact) mass is 264 g/mol. The van der Waals surface area contributed by atoms with Gasteiger partial charge in [-0.1, -0.05) is 20.8 Å². The Labute approximate surface area is 113 Å². The molecule has 104 valence electrons. The zero-order valence-corrected chi connectivity index (χ0v) is 11.6. The highest BCUT2D eigenvalue weighted by Gasteiger charge is 2.19. The van der Waals surface area contributed by atoms with Crippen LogP contribution >= 0.6 is 0 Å². The van der Waals surface area contributed by atoms with Crippen LogP contribution in [0.15, 0.2) is 12.4 Å². The first kappa shape index (κ1) is 13.7. The van der Waals surface area contributed by atoms with E-state index < -0.39 is 0 Å². The van der Waals surface area contributed by atoms with E-state index in [-0.39, 0.29) is 11.4 Å². The van der Waals surface area contributed by atoms with Gasteiger partial charge >= 0.3 is 6.03 Å². The third-order valence-electron chi connectivity index (χ3n) is 2.87. The van der Waals surface area contributed by atoms with Crippen LogP contribution in [0.25, 0.3) is 0 Å². The van der Waals surface area contributed by atoms with Crippen molar-refractivity contribution >= 4 is 11.7 Å². The second-order valence-corrected chi connectivity index (χ2v) is 5.57. The number of amides is 2. The number of morpholine rings is 1. The molecule has 6 nitrogen and oxygen atoms in total. The lowest BCUT2D eigenvalue weighted by molar-refractivity contribution is 0.0564. The summed E-state index contributed by atoms with van der Waals surface area (Å²) in [6, 6.07) is -0.129. The van der Waals surface area contributed by atoms with Gasteiger partial charge < -0.3 is 15.0 Å². The van der Waals surface area contributed by atoms with E-state index in [1.807, 2.05) is 20.8 Å². The summed E-state index contributed by atoms with van der Waals surface area (Å²) in [6.07, 6.45) is 3.29. The predicted octanol–water partition coefficient (Wildman–Crippen LogP) is 1.64. The molecule has 2 amide bonds. The number of carbonyl (C=O) groups excluding carboxylic acids is 1. The minimum absolute atomic E-state index is 0.0905. The molecule has 1 aliphatic rings. The fourth-order valence-corrected chi connectivity index (χ4v) is 1.75. The number of ether oxygens (including phenoxy) is 1. The van der Waals surface area contributed by atoms with Crippen molar-refractivity contribution in [2.75, 3.05) is 31.6 Å². The van der Waals surface area contributed by atoms with Crippen LogP contribution in [0.1, 0.15) is 26.6 Å². The Balaban J connectivity index is 1.97. The molecule has 0 saturated carbocycles. The molecule has 1 saturated heterocycles. The molecular formula is C13H20N4O2. The molecule has 0 unspecified atom stereocenters. The van der Waals surface area contributed by atoms with E-state index in [1.54, 1.807) is 17.3 Å². The average Bonchev–Trinajstić information content (AvgIpc) is 2.39. The van der Waals surface area contributed by atoms with Gasteiger partial charge in [-0.05, 0) is 0 Å². The van der Waals surface area contributed by atoms with Gasteiger partial charge in [0.25, 0.3) is 0 Å². The smallest absolute Gasteiger partial charge is 0.322 e. The highest BCUT2D eigenvalue weighted by molar-refractivity contribution is 5.88. The van der Waals surface area contributed by atoms with E-state index in [0.717, 1.165) is 5.82 Å². The van der Waals surface area contributed by atoms with E-state index in [9.17, 15) is 4.79 Å². The maximum atomic E-state index is 12.0. The molecule has 1 aromatic heterocycles. The third-order valence-corrected chi connectivity index (χ3v) is 2.87. The van der Waals surface area contributed by atoms with E-state index in [2.05, 4.69) is 15.3 Å². The number of nitrogens with zero attached hydrogens (tertiary/aromatic N) is 3. The van der Waals surface area contributed by atoms with Crippen LogP contribution in [-0.2, 0) is 10.2 Å². The number of urea groups is 1. The molecule has 1 fully saturated rings. The molecule has 0 spiro atoms. The lowest BCUT2D eigenvalue weighted by atomic mass is 9.96. The number of rotatable bonds is 1. The summed E-state index contributed by atoms with van der Waals surface area (Å²) in [6.45, 7) is 8.57. The third kappa shape index (κ3) is 3.64. The summed E-state index contributed by atoms with van der Waals surface area (Å²) in [7, 11) is 0. The van der Waals surface area contributed by atoms with Gasteiger partial charge in [0.15, 0.2) is 0 Å². The molecule has 0 bridgehead atoms. The van der Waals surface area contributed by atoms with Crippen LogP contribution in [-0.4, -0.2) is 47.2 Å². The summed E-state index contributed by atoms with van der Waals surface area (Å²) in [4.78, 5) is 22.2. The van der Waals surface area contributed by atoms with Crippen molar-refractivity contribution in [3.05, 3.63) is 18.2 Å². The van der Waals surface area contributed by atoms with Gasteiger partial charge in [0.05, 0.1) is 31.3 Å². The SMILES string of the molecule is CC(C)(C)c1ncc(NC(=O)N2CCOCC2)cn1. The van der Waals surface area contributed by atoms with E-state index in [4.69, 9.17) is 4.74 Å². The van der Waals surface area contributed by atoms with E-state index in [1.165, 1.54) is 0 Å². The first-order valence-corrected chi connectivity index (χ1v) is 6.43. The van der Waals surface area contributed by atoms with Gasteiger partial charge in [-0.15, -0.1) is 0 Å². The van der Waals surface area contributed by atoms with Crippen molar-refractivity contribution in [3.63, 3.8) is 0 Å². The maximum Gasteiger partial charge on any atom is 0.322 e. The molecule has 19 heavy (non-hydrogen) atoms. The highest BCUT2D eigenvalue weighted by atomic mass is 16.5. The van der Waals surface area contributed by atoms with Crippen molar-refractivity contribution in [1.29, 1.82) is 0 Å². The van der Waals surface area contributed by atoms with Crippen LogP contribution in [0.4, 0.5) is 10.5 Å². The van der Waals surface area contributed by atoms with Gasteiger partial charge in [-0.3, -0.25) is 0 Å². The Hall–Kier alpha value is -1.69. The van der Waals surface area contributed by atoms with Crippen molar-refractivity contribution < 1.29 is 9.53 Å². The van der Waals surface area contributed by atoms with Crippen LogP contribution in [0, 0.1) is 0 Å². The van der Waals surface area contributed by atoms with Gasteiger partial charge in [0.1, 0.15) is 5.82 Å². The van der Waals surface area contributed by atoms with E-state index >= 15 is 0 Å². The molecule has 2 heterocycles. The summed E-state index contributed by atoms with van der Waals surface area (Å²) in [5, 5.41) is 2.80. The molecule has 0 aromatic carbocycles. The summed E-state index contributed by atoms with van der Waals surface area (Å²) < 4.78 is 5.21. The van der Waals surface area contributed by atoms with E-state index in [0.29, 0.717) is 32.0 Å². The maximum absolute atomic E-state index is 12.0. The Kier molecular flexibility index (Phi) is 3.99. The number of hydrogen-bond acceptors (Lipinski definition) is 4. The zero-order chi connectivity index (χ0) is 13.9. The fraction of sp³-hybridized carbons (Fsp3) is 0.615. The summed E-state index contributed by atoms with van der Waals surface area (Å²) in [5.74, 6) is 0.761. The lowest BCUT2D eigenvalue weighted by Crippen LogP contribution is -2.43. The highest BCUT2D eigenvalue weighted by Crippen LogP contribution is 2.18. The normalized spacial score (nSPS) is 16.3. The second-order valence-electron chi connectivity index (χ2n) is 5.57. The average molecular weight is 264 g/mol. The molecule has 0 aliphatic carbocycles. The summed E-state index contributed by atoms with van der Waals surface area (Å²) in [5.41, 5.74) is 0.525. The van der Waals surface area contributed by atoms with Crippen LogP contribution in [0.5, 0.6) is 0 Å². The Morgan fingerprint density at radius 1 is 1.26 bits per heavy atom. The quantitative estimate of drug-likeness (QED) is 0.837. The molecule has 6 heteroatoms. The minimum atomic E-state index is -0.129. The molecule has 1 N–H and O–H groups in total. The van der Waals surface area contributed by atoms with Crippen LogP contribution < -0.4 is 5.32 Å². The predicted molar refractivity (Wildman–Crippen MR) is 72.1 cm³/mol. The van der Waals surface area contributed by atoms with Crippen LogP contribution in [0.2, 0.25) is 0 Å². The number of nitrogens with one attached hydrogen (secondary N) is 1. The number of hydrogen-bond donors (Lipinski definition) is 1. The number of anilines is 1. The number of aromatic nitrogens is 2. The lowest BCUT2D eigenvalue weighted by Gasteiger charge is -2.26. The zero-order valence-electron chi connectivity index (χ0n) is 11.6. The number of carbonyl (C=O) groups is 1. The van der Waals surface area contributed by atoms with Gasteiger partial charge in [0.2, 0.25) is 0 Å². The topological polar surface area (TPSA) is 67.4 Å². The first-order chi connectivity index (χ1) is 8.97. The Bertz CT molecular complexity index is 433. The molecule has 0 atom stereocenters. The first-order valence-electron chi connectivity index (χ1n) is 6.43. The largest absolute Gasteiger partial charge is 0.378 e. The molecule has 2 rings (SSSR count). The van der Waals surface area contributed by atoms with Crippen LogP contribution in [0.3, 0.4) is 0 Å². The van der Waals surface area contributed by atoms with Crippen molar-refractivity contribution in [2.45, 2.75) is 26.2 Å². The van der Waals surface area contributed by atoms with Gasteiger partial charge in [-0.2, -0.15) is 0 Å². The molecular weight excluding hydrogens is 244 g/mol. The summed E-state index contributed by atoms with van der Waals surface area (Å²) >= 11 is 0. The fourth-order valence-electron chi connectivity index (χ4n) is 1.75. The molecule has 0 radical (unpaired) electrons. The molecule has 1 aliphatic heterocycles.